The molecule has 0 aliphatic carbocycles. The zero-order valence-corrected chi connectivity index (χ0v) is 14.7. The van der Waals surface area contributed by atoms with Gasteiger partial charge in [0, 0.05) is 23.7 Å². The number of aromatic amines is 1. The minimum Gasteiger partial charge on any atom is -0.277 e. The van der Waals surface area contributed by atoms with Crippen molar-refractivity contribution in [2.45, 2.75) is 32.6 Å². The van der Waals surface area contributed by atoms with Crippen LogP contribution in [0.15, 0.2) is 36.4 Å². The maximum absolute atomic E-state index is 13.4. The first kappa shape index (κ1) is 15.8. The molecule has 5 heteroatoms. The van der Waals surface area contributed by atoms with E-state index in [-0.39, 0.29) is 11.7 Å². The summed E-state index contributed by atoms with van der Waals surface area (Å²) in [4.78, 5) is 0. The van der Waals surface area contributed by atoms with Gasteiger partial charge in [-0.2, -0.15) is 10.2 Å². The monoisotopic (exact) mass is 336 g/mol. The van der Waals surface area contributed by atoms with Gasteiger partial charge in [-0.3, -0.25) is 9.78 Å². The van der Waals surface area contributed by atoms with Crippen molar-refractivity contribution < 1.29 is 4.39 Å². The van der Waals surface area contributed by atoms with Crippen molar-refractivity contribution in [3.05, 3.63) is 59.2 Å². The molecule has 0 saturated carbocycles. The van der Waals surface area contributed by atoms with E-state index in [0.717, 1.165) is 35.1 Å². The molecule has 0 spiro atoms. The van der Waals surface area contributed by atoms with Crippen LogP contribution in [0.25, 0.3) is 21.8 Å². The van der Waals surface area contributed by atoms with Gasteiger partial charge in [0.1, 0.15) is 5.82 Å². The molecule has 0 bridgehead atoms. The van der Waals surface area contributed by atoms with Gasteiger partial charge in [-0.25, -0.2) is 4.39 Å². The Morgan fingerprint density at radius 3 is 2.84 bits per heavy atom. The molecular weight excluding hydrogens is 315 g/mol. The highest BCUT2D eigenvalue weighted by atomic mass is 19.1. The Hall–Kier alpha value is -2.69. The van der Waals surface area contributed by atoms with Gasteiger partial charge >= 0.3 is 0 Å². The number of aryl methyl sites for hydroxylation is 2. The summed E-state index contributed by atoms with van der Waals surface area (Å²) >= 11 is 0. The van der Waals surface area contributed by atoms with Gasteiger partial charge in [0.2, 0.25) is 0 Å². The first-order valence-electron chi connectivity index (χ1n) is 8.65. The lowest BCUT2D eigenvalue weighted by Gasteiger charge is -2.11. The van der Waals surface area contributed by atoms with Crippen molar-refractivity contribution in [1.82, 2.24) is 20.0 Å². The predicted octanol–water partition coefficient (Wildman–Crippen LogP) is 4.50. The van der Waals surface area contributed by atoms with E-state index in [0.29, 0.717) is 0 Å². The van der Waals surface area contributed by atoms with Crippen LogP contribution in [0.4, 0.5) is 4.39 Å². The molecule has 0 saturated heterocycles. The van der Waals surface area contributed by atoms with E-state index in [1.54, 1.807) is 6.07 Å². The molecule has 4 aromatic rings. The molecule has 4 nitrogen and oxygen atoms in total. The van der Waals surface area contributed by atoms with Gasteiger partial charge in [-0.1, -0.05) is 32.0 Å². The van der Waals surface area contributed by atoms with Gasteiger partial charge in [0.25, 0.3) is 0 Å². The summed E-state index contributed by atoms with van der Waals surface area (Å²) in [6.45, 7) is 4.29. The summed E-state index contributed by atoms with van der Waals surface area (Å²) in [5.41, 5.74) is 5.31. The average Bonchev–Trinajstić information content (AvgIpc) is 3.16. The van der Waals surface area contributed by atoms with Gasteiger partial charge in [0.05, 0.1) is 22.4 Å². The normalized spacial score (nSPS) is 13.0. The van der Waals surface area contributed by atoms with Gasteiger partial charge < -0.3 is 0 Å². The fourth-order valence-corrected chi connectivity index (χ4v) is 3.73. The van der Waals surface area contributed by atoms with Crippen molar-refractivity contribution in [2.75, 3.05) is 0 Å². The fourth-order valence-electron chi connectivity index (χ4n) is 3.73. The molecular formula is C20H21FN4. The second-order valence-electron chi connectivity index (χ2n) is 6.64. The number of halogens is 1. The number of hydrogen-bond acceptors (Lipinski definition) is 2. The summed E-state index contributed by atoms with van der Waals surface area (Å²) in [6, 6.07) is 11.2. The van der Waals surface area contributed by atoms with Crippen LogP contribution >= 0.6 is 0 Å². The van der Waals surface area contributed by atoms with Gasteiger partial charge in [-0.15, -0.1) is 0 Å². The van der Waals surface area contributed by atoms with Crippen LogP contribution in [-0.2, 0) is 19.9 Å². The fraction of sp³-hybridized carbons (Fsp3) is 0.300. The van der Waals surface area contributed by atoms with Crippen LogP contribution in [-0.4, -0.2) is 20.0 Å². The summed E-state index contributed by atoms with van der Waals surface area (Å²) in [7, 11) is 2.00. The quantitative estimate of drug-likeness (QED) is 0.596. The van der Waals surface area contributed by atoms with Crippen LogP contribution in [0.1, 0.15) is 36.7 Å². The molecule has 0 amide bonds. The number of hydrogen-bond donors (Lipinski definition) is 1. The lowest BCUT2D eigenvalue weighted by Crippen LogP contribution is -2.02. The first-order valence-corrected chi connectivity index (χ1v) is 8.65. The van der Waals surface area contributed by atoms with Crippen molar-refractivity contribution >= 4 is 21.8 Å². The summed E-state index contributed by atoms with van der Waals surface area (Å²) in [5, 5.41) is 14.3. The molecule has 25 heavy (non-hydrogen) atoms. The smallest absolute Gasteiger partial charge is 0.125 e. The molecule has 0 aliphatic rings. The third kappa shape index (κ3) is 2.60. The average molecular weight is 336 g/mol. The Balaban J connectivity index is 1.74. The second-order valence-corrected chi connectivity index (χ2v) is 6.64. The molecule has 1 unspecified atom stereocenters. The zero-order chi connectivity index (χ0) is 17.6. The summed E-state index contributed by atoms with van der Waals surface area (Å²) < 4.78 is 15.4. The number of para-hydroxylation sites is 1. The maximum Gasteiger partial charge on any atom is 0.125 e. The van der Waals surface area contributed by atoms with Crippen molar-refractivity contribution in [1.29, 1.82) is 0 Å². The molecule has 4 rings (SSSR count). The molecule has 128 valence electrons. The Morgan fingerprint density at radius 2 is 2.04 bits per heavy atom. The topological polar surface area (TPSA) is 46.5 Å². The second kappa shape index (κ2) is 5.99. The first-order chi connectivity index (χ1) is 12.1. The standard InChI is InChI=1S/C20H21FN4/c1-4-17-16-7-5-6-13(20(16)25(3)24-17)10-12(2)19-15-9-8-14(21)11-18(15)22-23-19/h5-9,11-12H,4,10H2,1-3H3,(H,22,23). The largest absolute Gasteiger partial charge is 0.277 e. The van der Waals surface area contributed by atoms with E-state index in [2.05, 4.69) is 47.3 Å². The molecule has 2 aromatic carbocycles. The third-order valence-electron chi connectivity index (χ3n) is 4.91. The van der Waals surface area contributed by atoms with Crippen LogP contribution in [0.5, 0.6) is 0 Å². The van der Waals surface area contributed by atoms with Crippen molar-refractivity contribution in [3.8, 4) is 0 Å². The number of benzene rings is 2. The molecule has 0 aliphatic heterocycles. The third-order valence-corrected chi connectivity index (χ3v) is 4.91. The highest BCUT2D eigenvalue weighted by Crippen LogP contribution is 2.30. The van der Waals surface area contributed by atoms with Gasteiger partial charge in [-0.05, 0) is 36.6 Å². The molecule has 0 fully saturated rings. The summed E-state index contributed by atoms with van der Waals surface area (Å²) in [5.74, 6) is -0.0353. The lowest BCUT2D eigenvalue weighted by atomic mass is 9.94. The minimum atomic E-state index is -0.248. The Morgan fingerprint density at radius 1 is 1.20 bits per heavy atom. The number of nitrogens with one attached hydrogen (secondary N) is 1. The number of rotatable bonds is 4. The predicted molar refractivity (Wildman–Crippen MR) is 98.3 cm³/mol. The molecule has 1 atom stereocenters. The maximum atomic E-state index is 13.4. The van der Waals surface area contributed by atoms with Crippen LogP contribution in [0.2, 0.25) is 0 Å². The molecule has 0 radical (unpaired) electrons. The molecule has 2 heterocycles. The van der Waals surface area contributed by atoms with E-state index in [1.165, 1.54) is 28.6 Å². The summed E-state index contributed by atoms with van der Waals surface area (Å²) in [6.07, 6.45) is 1.78. The zero-order valence-electron chi connectivity index (χ0n) is 14.7. The number of fused-ring (bicyclic) bond motifs is 2. The van der Waals surface area contributed by atoms with E-state index < -0.39 is 0 Å². The lowest BCUT2D eigenvalue weighted by molar-refractivity contribution is 0.629. The van der Waals surface area contributed by atoms with Gasteiger partial charge in [0.15, 0.2) is 0 Å². The SMILES string of the molecule is CCc1nn(C)c2c(CC(C)c3n[nH]c4cc(F)ccc34)cccc12. The number of H-pyrrole nitrogens is 1. The highest BCUT2D eigenvalue weighted by Gasteiger charge is 2.17. The van der Waals surface area contributed by atoms with E-state index in [9.17, 15) is 4.39 Å². The van der Waals surface area contributed by atoms with Crippen molar-refractivity contribution in [3.63, 3.8) is 0 Å². The van der Waals surface area contributed by atoms with Crippen molar-refractivity contribution in [2.24, 2.45) is 7.05 Å². The van der Waals surface area contributed by atoms with E-state index in [1.807, 2.05) is 11.7 Å². The van der Waals surface area contributed by atoms with E-state index >= 15 is 0 Å². The Bertz CT molecular complexity index is 1060. The highest BCUT2D eigenvalue weighted by molar-refractivity contribution is 5.85. The molecule has 1 N–H and O–H groups in total. The molecule has 2 aromatic heterocycles. The van der Waals surface area contributed by atoms with Crippen LogP contribution in [0.3, 0.4) is 0 Å². The van der Waals surface area contributed by atoms with Crippen LogP contribution in [0, 0.1) is 5.82 Å². The Kier molecular flexibility index (Phi) is 3.79. The van der Waals surface area contributed by atoms with E-state index in [4.69, 9.17) is 0 Å². The van der Waals surface area contributed by atoms with Crippen LogP contribution < -0.4 is 0 Å². The Labute approximate surface area is 145 Å². The number of nitrogens with zero attached hydrogens (tertiary/aromatic N) is 3. The minimum absolute atomic E-state index is 0.213. The number of aromatic nitrogens is 4.